The van der Waals surface area contributed by atoms with Gasteiger partial charge in [-0.3, -0.25) is 38.5 Å². The van der Waals surface area contributed by atoms with Crippen molar-refractivity contribution >= 4 is 46.8 Å². The zero-order valence-corrected chi connectivity index (χ0v) is 73.7. The zero-order valence-electron chi connectivity index (χ0n) is 73.7. The maximum atomic E-state index is 15.5. The number of para-hydroxylation sites is 1. The number of aromatic hydroxyl groups is 2. The van der Waals surface area contributed by atoms with Crippen LogP contribution < -0.4 is 25.6 Å². The van der Waals surface area contributed by atoms with E-state index in [9.17, 15) is 39.3 Å². The summed E-state index contributed by atoms with van der Waals surface area (Å²) in [5, 5.41) is 58.7. The van der Waals surface area contributed by atoms with Gasteiger partial charge in [-0.15, -0.1) is 0 Å². The van der Waals surface area contributed by atoms with Crippen molar-refractivity contribution in [2.75, 3.05) is 218 Å². The number of anilines is 1. The first-order valence-corrected chi connectivity index (χ1v) is 44.8. The van der Waals surface area contributed by atoms with Crippen molar-refractivity contribution in [3.63, 3.8) is 0 Å². The number of hydrogen-bond donors (Lipinski definition) is 7. The van der Waals surface area contributed by atoms with Gasteiger partial charge in [0.15, 0.2) is 24.6 Å². The van der Waals surface area contributed by atoms with Crippen LogP contribution in [0.4, 0.5) is 5.69 Å². The number of piperidine rings is 1. The van der Waals surface area contributed by atoms with Gasteiger partial charge in [0.25, 0.3) is 5.91 Å². The molecule has 5 aromatic rings. The molecular weight excluding hydrogens is 1670 g/mol. The number of phenolic OH excluding ortho intramolecular Hbond substituents is 2. The number of ketones is 2. The number of morpholine rings is 1. The smallest absolute Gasteiger partial charge is 0.253 e. The molecule has 1 aromatic heterocycles. The third-order valence-electron chi connectivity index (χ3n) is 24.9. The fourth-order valence-electron chi connectivity index (χ4n) is 18.1. The summed E-state index contributed by atoms with van der Waals surface area (Å²) >= 11 is 0. The third-order valence-corrected chi connectivity index (χ3v) is 24.9. The molecule has 0 radical (unpaired) electrons. The van der Waals surface area contributed by atoms with Gasteiger partial charge in [0.1, 0.15) is 46.4 Å². The highest BCUT2D eigenvalue weighted by Crippen LogP contribution is 2.54. The average Bonchev–Trinajstić information content (AvgIpc) is 0.800. The predicted octanol–water partition coefficient (Wildman–Crippen LogP) is 5.05. The molecule has 6 heterocycles. The van der Waals surface area contributed by atoms with Crippen molar-refractivity contribution in [2.24, 2.45) is 11.3 Å². The first-order valence-electron chi connectivity index (χ1n) is 44.8. The number of benzene rings is 4. The minimum absolute atomic E-state index is 0.0226. The van der Waals surface area contributed by atoms with Crippen molar-refractivity contribution in [2.45, 2.75) is 152 Å². The minimum Gasteiger partial charge on any atom is -0.507 e. The zero-order chi connectivity index (χ0) is 89.8. The second-order valence-corrected chi connectivity index (χ2v) is 33.0. The number of nitrogens with zero attached hydrogens (tertiary/aromatic N) is 5. The van der Waals surface area contributed by atoms with Crippen LogP contribution in [-0.2, 0) is 117 Å². The number of carbonyl (C=O) groups is 7. The van der Waals surface area contributed by atoms with E-state index in [1.54, 1.807) is 18.9 Å². The van der Waals surface area contributed by atoms with Gasteiger partial charge >= 0.3 is 0 Å². The maximum absolute atomic E-state index is 15.5. The van der Waals surface area contributed by atoms with Crippen LogP contribution in [0.3, 0.4) is 0 Å². The SMILES string of the molecule is COCCOCCOCCOCCOCCOCCOCCOCCOCCOCCOCCOCCC(=O)NCC(NC(=O)C1(O)Cc2c(O)c3c(c(O)c2C(OC2CC4C(OC5C(OC)OCCN45)C(C)O2)C1)C(=O)c1c(OC)cccc1C3=O)C(=O)N1CCC2(CCC(C(=O)NCCCCC(=O)N3Cc4ccccc4-c4n[nH]nc4-c4ccccc43)CC2)CC1. The van der Waals surface area contributed by atoms with Crippen LogP contribution in [0.5, 0.6) is 17.2 Å². The lowest BCUT2D eigenvalue weighted by atomic mass is 9.65. The normalized spacial score (nSPS) is 22.0. The van der Waals surface area contributed by atoms with Crippen LogP contribution in [0, 0.1) is 11.3 Å². The highest BCUT2D eigenvalue weighted by molar-refractivity contribution is 6.31. The molecule has 3 aliphatic carbocycles. The second-order valence-electron chi connectivity index (χ2n) is 33.0. The number of likely N-dealkylation sites (tertiary alicyclic amines) is 1. The molecular formula is C91H125N9O28. The number of aromatic amines is 1. The van der Waals surface area contributed by atoms with Crippen LogP contribution in [-0.4, -0.2) is 343 Å². The summed E-state index contributed by atoms with van der Waals surface area (Å²) in [5.41, 5.74) is 0.255. The molecule has 1 saturated carbocycles. The number of hydrogen-bond acceptors (Lipinski definition) is 31. The van der Waals surface area contributed by atoms with Gasteiger partial charge in [-0.1, -0.05) is 54.6 Å². The molecule has 13 rings (SSSR count). The molecule has 8 aliphatic rings. The van der Waals surface area contributed by atoms with E-state index in [-0.39, 0.29) is 116 Å². The van der Waals surface area contributed by atoms with Gasteiger partial charge in [-0.2, -0.15) is 15.4 Å². The van der Waals surface area contributed by atoms with Crippen molar-refractivity contribution < 1.29 is 134 Å². The molecule has 9 atom stereocenters. The Hall–Kier alpha value is -8.65. The molecule has 7 N–H and O–H groups in total. The number of aromatic nitrogens is 3. The summed E-state index contributed by atoms with van der Waals surface area (Å²) in [5.74, 6) is -5.60. The third kappa shape index (κ3) is 24.7. The van der Waals surface area contributed by atoms with Gasteiger partial charge in [0.2, 0.25) is 29.4 Å². The summed E-state index contributed by atoms with van der Waals surface area (Å²) in [6.45, 7) is 12.6. The number of methoxy groups -OCH3 is 3. The Morgan fingerprint density at radius 3 is 1.77 bits per heavy atom. The summed E-state index contributed by atoms with van der Waals surface area (Å²) in [6, 6.07) is 18.2. The molecule has 5 amide bonds. The van der Waals surface area contributed by atoms with Crippen LogP contribution in [0.2, 0.25) is 0 Å². The van der Waals surface area contributed by atoms with Crippen LogP contribution >= 0.6 is 0 Å². The van der Waals surface area contributed by atoms with Gasteiger partial charge in [0, 0.05) is 119 Å². The number of aliphatic hydroxyl groups is 1. The van der Waals surface area contributed by atoms with Gasteiger partial charge in [0.05, 0.1) is 207 Å². The topological polar surface area (TPSA) is 434 Å². The largest absolute Gasteiger partial charge is 0.507 e. The first-order chi connectivity index (χ1) is 62.4. The Balaban J connectivity index is 0.571. The van der Waals surface area contributed by atoms with E-state index in [4.69, 9.17) is 85.3 Å². The lowest BCUT2D eigenvalue weighted by Gasteiger charge is -2.46. The average molecular weight is 1790 g/mol. The highest BCUT2D eigenvalue weighted by atomic mass is 16.7. The minimum atomic E-state index is -2.59. The Kier molecular flexibility index (Phi) is 36.7. The number of H-pyrrole nitrogens is 1. The van der Waals surface area contributed by atoms with Gasteiger partial charge in [-0.25, -0.2) is 0 Å². The Labute approximate surface area is 744 Å². The van der Waals surface area contributed by atoms with Crippen LogP contribution in [0.15, 0.2) is 66.7 Å². The number of amides is 5. The van der Waals surface area contributed by atoms with E-state index in [0.29, 0.717) is 196 Å². The molecule has 5 aliphatic heterocycles. The Bertz CT molecular complexity index is 4460. The predicted molar refractivity (Wildman–Crippen MR) is 458 cm³/mol. The first kappa shape index (κ1) is 96.9. The summed E-state index contributed by atoms with van der Waals surface area (Å²) < 4.78 is 103. The second kappa shape index (κ2) is 48.5. The van der Waals surface area contributed by atoms with Crippen LogP contribution in [0.25, 0.3) is 22.5 Å². The number of ether oxygens (including phenoxy) is 18. The van der Waals surface area contributed by atoms with E-state index in [1.807, 2.05) is 53.4 Å². The molecule has 0 bridgehead atoms. The Morgan fingerprint density at radius 1 is 0.609 bits per heavy atom. The molecule has 4 aromatic carbocycles. The fraction of sp³-hybridized carbons (Fsp3) is 0.637. The number of unbranched alkanes of at least 4 members (excludes halogenated alkanes) is 1. The monoisotopic (exact) mass is 1790 g/mol. The molecule has 1 spiro atoms. The van der Waals surface area contributed by atoms with Crippen molar-refractivity contribution in [3.05, 3.63) is 106 Å². The Morgan fingerprint density at radius 2 is 1.17 bits per heavy atom. The van der Waals surface area contributed by atoms with E-state index in [2.05, 4.69) is 36.3 Å². The molecule has 4 saturated heterocycles. The lowest BCUT2D eigenvalue weighted by molar-refractivity contribution is -0.256. The molecule has 9 unspecified atom stereocenters. The van der Waals surface area contributed by atoms with E-state index in [0.717, 1.165) is 40.9 Å². The van der Waals surface area contributed by atoms with Crippen molar-refractivity contribution in [3.8, 4) is 39.8 Å². The fourth-order valence-corrected chi connectivity index (χ4v) is 18.1. The van der Waals surface area contributed by atoms with Crippen molar-refractivity contribution in [1.82, 2.24) is 41.2 Å². The van der Waals surface area contributed by atoms with Gasteiger partial charge in [-0.05, 0) is 81.4 Å². The maximum Gasteiger partial charge on any atom is 0.253 e. The van der Waals surface area contributed by atoms with Crippen molar-refractivity contribution in [1.29, 1.82) is 0 Å². The lowest BCUT2D eigenvalue weighted by Crippen LogP contribution is -2.61. The number of rotatable bonds is 51. The number of carbonyl (C=O) groups excluding carboxylic acids is 7. The summed E-state index contributed by atoms with van der Waals surface area (Å²) in [6.07, 6.45) is -1.05. The number of nitrogens with one attached hydrogen (secondary N) is 4. The number of phenols is 2. The quantitative estimate of drug-likeness (QED) is 0.0194. The van der Waals surface area contributed by atoms with Gasteiger partial charge < -0.3 is 126 Å². The number of fused-ring (bicyclic) bond motifs is 11. The van der Waals surface area contributed by atoms with E-state index < -0.39 is 120 Å². The van der Waals surface area contributed by atoms with E-state index in [1.165, 1.54) is 32.4 Å². The van der Waals surface area contributed by atoms with E-state index >= 15 is 9.59 Å². The molecule has 5 fully saturated rings. The van der Waals surface area contributed by atoms with Crippen LogP contribution in [0.1, 0.15) is 139 Å². The standard InChI is InChI=1S/C91H125N9O28/c1-59-84-68(99-29-31-125-88(113-4)87(99)128-84)54-73(126-59)127-70-56-91(110,55-65-75(70)83(106)77-76(81(65)104)80(103)64-15-11-17-69(112-3)74(64)82(77)105)89(109)94-66(57-93-71(101)21-30-114-34-35-116-38-39-118-42-43-120-46-47-122-50-51-124-53-52-123-49-48-121-45-44-119-41-40-117-37-36-115-33-32-111-2)86(108)98-27-24-90(25-28-98)22-19-60(20-23-90)85(107)92-26-10-9-18-72(102)100-58-61-12-5-6-13-62(61)78-79(96-97-95-78)63-14-7-8-16-67(63)100/h5-8,11-17,59-60,66,68,70,73,84,87-88,104,106,110H,9-10,18-58H2,1-4H3,(H,92,107)(H,93,101)(H,94,109)(H,95,96,97). The molecule has 702 valence electrons. The summed E-state index contributed by atoms with van der Waals surface area (Å²) in [7, 11) is 4.48. The molecule has 37 nitrogen and oxygen atoms in total. The molecule has 37 heteroatoms. The molecule has 128 heavy (non-hydrogen) atoms. The summed E-state index contributed by atoms with van der Waals surface area (Å²) in [4.78, 5) is 107. The highest BCUT2D eigenvalue weighted by Gasteiger charge is 2.56.